The fraction of sp³-hybridized carbons (Fsp3) is 0.412. The Morgan fingerprint density at radius 3 is 2.88 bits per heavy atom. The minimum atomic E-state index is -0.478. The third-order valence-corrected chi connectivity index (χ3v) is 4.24. The van der Waals surface area contributed by atoms with E-state index in [2.05, 4.69) is 10.4 Å². The minimum Gasteiger partial charge on any atom is -0.381 e. The molecule has 3 rings (SSSR count). The van der Waals surface area contributed by atoms with Gasteiger partial charge in [-0.15, -0.1) is 0 Å². The van der Waals surface area contributed by atoms with E-state index in [4.69, 9.17) is 4.74 Å². The molecule has 1 N–H and O–H groups in total. The van der Waals surface area contributed by atoms with Crippen LogP contribution in [0.1, 0.15) is 18.4 Å². The van der Waals surface area contributed by atoms with Crippen LogP contribution in [0.15, 0.2) is 36.7 Å². The van der Waals surface area contributed by atoms with Gasteiger partial charge < -0.3 is 10.1 Å². The molecule has 1 aliphatic rings. The Kier molecular flexibility index (Phi) is 5.39. The molecule has 2 aromatic rings. The van der Waals surface area contributed by atoms with Gasteiger partial charge >= 0.3 is 0 Å². The summed E-state index contributed by atoms with van der Waals surface area (Å²) in [7, 11) is 0. The number of nitrogens with zero attached hydrogens (tertiary/aromatic N) is 3. The van der Waals surface area contributed by atoms with Crippen molar-refractivity contribution in [2.45, 2.75) is 25.8 Å². The Labute approximate surface area is 144 Å². The summed E-state index contributed by atoms with van der Waals surface area (Å²) >= 11 is 0. The van der Waals surface area contributed by atoms with Crippen molar-refractivity contribution in [2.24, 2.45) is 5.92 Å². The summed E-state index contributed by atoms with van der Waals surface area (Å²) in [4.78, 5) is 22.7. The van der Waals surface area contributed by atoms with Crippen molar-refractivity contribution < 1.29 is 14.5 Å². The monoisotopic (exact) mass is 344 g/mol. The molecule has 0 bridgehead atoms. The standard InChI is InChI=1S/C17H20N4O4/c22-17(9-14-3-1-2-4-16(14)21(23)24)19-15-10-18-20(12-15)11-13-5-7-25-8-6-13/h1-4,10,12-13H,5-9,11H2,(H,19,22). The molecule has 1 fully saturated rings. The summed E-state index contributed by atoms with van der Waals surface area (Å²) in [5.41, 5.74) is 0.933. The second kappa shape index (κ2) is 7.89. The Morgan fingerprint density at radius 2 is 2.12 bits per heavy atom. The SMILES string of the molecule is O=C(Cc1ccccc1[N+](=O)[O-])Nc1cnn(CC2CCOCC2)c1. The Balaban J connectivity index is 1.57. The van der Waals surface area contributed by atoms with Crippen LogP contribution >= 0.6 is 0 Å². The molecule has 1 aromatic heterocycles. The highest BCUT2D eigenvalue weighted by molar-refractivity contribution is 5.92. The van der Waals surface area contributed by atoms with E-state index in [-0.39, 0.29) is 18.0 Å². The van der Waals surface area contributed by atoms with Crippen molar-refractivity contribution >= 4 is 17.3 Å². The number of aromatic nitrogens is 2. The third kappa shape index (κ3) is 4.63. The van der Waals surface area contributed by atoms with E-state index in [0.717, 1.165) is 32.6 Å². The number of hydrogen-bond donors (Lipinski definition) is 1. The fourth-order valence-electron chi connectivity index (χ4n) is 2.94. The number of para-hydroxylation sites is 1. The molecule has 2 heterocycles. The van der Waals surface area contributed by atoms with Gasteiger partial charge in [-0.2, -0.15) is 5.10 Å². The lowest BCUT2D eigenvalue weighted by Crippen LogP contribution is -2.20. The minimum absolute atomic E-state index is 0.0483. The molecular formula is C17H20N4O4. The zero-order chi connectivity index (χ0) is 17.6. The van der Waals surface area contributed by atoms with Crippen LogP contribution in [0.25, 0.3) is 0 Å². The molecule has 0 unspecified atom stereocenters. The zero-order valence-electron chi connectivity index (χ0n) is 13.8. The number of anilines is 1. The number of benzene rings is 1. The summed E-state index contributed by atoms with van der Waals surface area (Å²) in [6.07, 6.45) is 5.35. The molecule has 1 amide bonds. The van der Waals surface area contributed by atoms with Crippen LogP contribution in [0.4, 0.5) is 11.4 Å². The van der Waals surface area contributed by atoms with Crippen LogP contribution in [0.2, 0.25) is 0 Å². The molecule has 8 nitrogen and oxygen atoms in total. The first-order valence-electron chi connectivity index (χ1n) is 8.24. The molecule has 1 saturated heterocycles. The summed E-state index contributed by atoms with van der Waals surface area (Å²) < 4.78 is 7.16. The highest BCUT2D eigenvalue weighted by Crippen LogP contribution is 2.20. The Morgan fingerprint density at radius 1 is 1.36 bits per heavy atom. The van der Waals surface area contributed by atoms with Gasteiger partial charge in [0.15, 0.2) is 0 Å². The van der Waals surface area contributed by atoms with E-state index in [1.54, 1.807) is 30.6 Å². The molecule has 0 atom stereocenters. The first kappa shape index (κ1) is 17.1. The second-order valence-corrected chi connectivity index (χ2v) is 6.12. The maximum atomic E-state index is 12.2. The number of nitrogens with one attached hydrogen (secondary N) is 1. The van der Waals surface area contributed by atoms with Crippen LogP contribution < -0.4 is 5.32 Å². The predicted molar refractivity (Wildman–Crippen MR) is 91.2 cm³/mol. The number of nitro groups is 1. The Hall–Kier alpha value is -2.74. The number of carbonyl (C=O) groups excluding carboxylic acids is 1. The lowest BCUT2D eigenvalue weighted by Gasteiger charge is -2.21. The molecule has 1 aromatic carbocycles. The zero-order valence-corrected chi connectivity index (χ0v) is 13.8. The van der Waals surface area contributed by atoms with Crippen molar-refractivity contribution in [1.29, 1.82) is 0 Å². The number of ether oxygens (including phenoxy) is 1. The molecule has 0 aliphatic carbocycles. The van der Waals surface area contributed by atoms with Crippen molar-refractivity contribution in [2.75, 3.05) is 18.5 Å². The molecule has 8 heteroatoms. The lowest BCUT2D eigenvalue weighted by molar-refractivity contribution is -0.385. The average Bonchev–Trinajstić information content (AvgIpc) is 3.02. The Bertz CT molecular complexity index is 753. The van der Waals surface area contributed by atoms with Crippen molar-refractivity contribution in [3.05, 3.63) is 52.3 Å². The highest BCUT2D eigenvalue weighted by Gasteiger charge is 2.17. The number of nitro benzene ring substituents is 1. The second-order valence-electron chi connectivity index (χ2n) is 6.12. The van der Waals surface area contributed by atoms with Crippen LogP contribution in [0.3, 0.4) is 0 Å². The van der Waals surface area contributed by atoms with E-state index in [1.165, 1.54) is 6.07 Å². The molecule has 25 heavy (non-hydrogen) atoms. The normalized spacial score (nSPS) is 15.0. The van der Waals surface area contributed by atoms with Gasteiger partial charge in [0.05, 0.1) is 23.2 Å². The summed E-state index contributed by atoms with van der Waals surface area (Å²) in [6.45, 7) is 2.36. The largest absolute Gasteiger partial charge is 0.381 e. The van der Waals surface area contributed by atoms with E-state index in [1.807, 2.05) is 4.68 Å². The number of rotatable bonds is 6. The van der Waals surface area contributed by atoms with Gasteiger partial charge in [0.1, 0.15) is 0 Å². The number of hydrogen-bond acceptors (Lipinski definition) is 5. The van der Waals surface area contributed by atoms with Crippen molar-refractivity contribution in [1.82, 2.24) is 9.78 Å². The average molecular weight is 344 g/mol. The molecular weight excluding hydrogens is 324 g/mol. The van der Waals surface area contributed by atoms with E-state index >= 15 is 0 Å². The smallest absolute Gasteiger partial charge is 0.273 e. The first-order valence-corrected chi connectivity index (χ1v) is 8.24. The molecule has 0 radical (unpaired) electrons. The van der Waals surface area contributed by atoms with Gasteiger partial charge in [-0.3, -0.25) is 19.6 Å². The van der Waals surface area contributed by atoms with E-state index < -0.39 is 4.92 Å². The van der Waals surface area contributed by atoms with Gasteiger partial charge in [-0.05, 0) is 18.8 Å². The van der Waals surface area contributed by atoms with E-state index in [9.17, 15) is 14.9 Å². The highest BCUT2D eigenvalue weighted by atomic mass is 16.6. The van der Waals surface area contributed by atoms with Gasteiger partial charge in [0, 0.05) is 37.6 Å². The van der Waals surface area contributed by atoms with Gasteiger partial charge in [0.25, 0.3) is 5.69 Å². The molecule has 1 aliphatic heterocycles. The number of carbonyl (C=O) groups is 1. The quantitative estimate of drug-likeness (QED) is 0.641. The summed E-state index contributed by atoms with van der Waals surface area (Å²) in [5.74, 6) is 0.226. The van der Waals surface area contributed by atoms with Crippen LogP contribution in [-0.2, 0) is 22.5 Å². The topological polar surface area (TPSA) is 99.3 Å². The maximum absolute atomic E-state index is 12.2. The van der Waals surface area contributed by atoms with Crippen molar-refractivity contribution in [3.63, 3.8) is 0 Å². The summed E-state index contributed by atoms with van der Waals surface area (Å²) in [6, 6.07) is 6.25. The van der Waals surface area contributed by atoms with Gasteiger partial charge in [-0.1, -0.05) is 18.2 Å². The van der Waals surface area contributed by atoms with E-state index in [0.29, 0.717) is 17.2 Å². The lowest BCUT2D eigenvalue weighted by atomic mass is 10.0. The third-order valence-electron chi connectivity index (χ3n) is 4.24. The molecule has 132 valence electrons. The number of amides is 1. The fourth-order valence-corrected chi connectivity index (χ4v) is 2.94. The van der Waals surface area contributed by atoms with Gasteiger partial charge in [-0.25, -0.2) is 0 Å². The van der Waals surface area contributed by atoms with Crippen molar-refractivity contribution in [3.8, 4) is 0 Å². The van der Waals surface area contributed by atoms with Crippen LogP contribution in [0.5, 0.6) is 0 Å². The summed E-state index contributed by atoms with van der Waals surface area (Å²) in [5, 5.41) is 18.0. The van der Waals surface area contributed by atoms with Gasteiger partial charge in [0.2, 0.25) is 5.91 Å². The van der Waals surface area contributed by atoms with Crippen LogP contribution in [-0.4, -0.2) is 33.8 Å². The first-order chi connectivity index (χ1) is 12.1. The maximum Gasteiger partial charge on any atom is 0.273 e. The predicted octanol–water partition coefficient (Wildman–Crippen LogP) is 2.40. The van der Waals surface area contributed by atoms with Crippen LogP contribution in [0, 0.1) is 16.0 Å². The molecule has 0 saturated carbocycles. The molecule has 0 spiro atoms.